The Labute approximate surface area is 177 Å². The van der Waals surface area contributed by atoms with Crippen molar-refractivity contribution in [2.75, 3.05) is 13.7 Å². The number of aryl methyl sites for hydroxylation is 1. The van der Waals surface area contributed by atoms with Gasteiger partial charge in [0.1, 0.15) is 5.92 Å². The molecular weight excluding hydrogens is 382 g/mol. The van der Waals surface area contributed by atoms with Crippen LogP contribution in [0.5, 0.6) is 0 Å². The molecule has 0 saturated carbocycles. The van der Waals surface area contributed by atoms with Crippen LogP contribution in [0.2, 0.25) is 0 Å². The number of hydrogen-bond acceptors (Lipinski definition) is 5. The number of hydrogen-bond donors (Lipinski definition) is 0. The summed E-state index contributed by atoms with van der Waals surface area (Å²) in [5.41, 5.74) is 1.62. The highest BCUT2D eigenvalue weighted by Gasteiger charge is 2.34. The molecule has 1 aromatic heterocycles. The van der Waals surface area contributed by atoms with E-state index < -0.39 is 5.92 Å². The monoisotopic (exact) mass is 411 g/mol. The van der Waals surface area contributed by atoms with Gasteiger partial charge in [-0.3, -0.25) is 19.3 Å². The van der Waals surface area contributed by atoms with Crippen molar-refractivity contribution in [3.8, 4) is 0 Å². The maximum atomic E-state index is 12.4. The largest absolute Gasteiger partial charge is 0.469 e. The van der Waals surface area contributed by atoms with Crippen LogP contribution in [0.1, 0.15) is 71.9 Å². The third-order valence-electron chi connectivity index (χ3n) is 5.46. The summed E-state index contributed by atoms with van der Waals surface area (Å²) >= 11 is 0. The summed E-state index contributed by atoms with van der Waals surface area (Å²) in [5, 5.41) is 0. The van der Waals surface area contributed by atoms with Gasteiger partial charge < -0.3 is 9.30 Å². The van der Waals surface area contributed by atoms with Crippen molar-refractivity contribution in [3.05, 3.63) is 53.6 Å². The Kier molecular flexibility index (Phi) is 7.03. The molecule has 0 radical (unpaired) electrons. The molecule has 30 heavy (non-hydrogen) atoms. The Morgan fingerprint density at radius 1 is 1.03 bits per heavy atom. The van der Waals surface area contributed by atoms with Crippen LogP contribution in [0.15, 0.2) is 36.8 Å². The molecule has 1 aromatic carbocycles. The Balaban J connectivity index is 1.55. The molecular formula is C23H29N3O4. The molecule has 160 valence electrons. The zero-order valence-corrected chi connectivity index (χ0v) is 17.8. The van der Waals surface area contributed by atoms with Crippen LogP contribution in [0, 0.1) is 5.92 Å². The minimum atomic E-state index is -0.447. The number of amides is 2. The number of esters is 1. The van der Waals surface area contributed by atoms with E-state index in [0.29, 0.717) is 48.5 Å². The smallest absolute Gasteiger partial charge is 0.314 e. The molecule has 2 heterocycles. The number of benzene rings is 1. The van der Waals surface area contributed by atoms with Crippen molar-refractivity contribution in [2.45, 2.75) is 52.0 Å². The van der Waals surface area contributed by atoms with Gasteiger partial charge >= 0.3 is 5.97 Å². The summed E-state index contributed by atoms with van der Waals surface area (Å²) < 4.78 is 6.98. The van der Waals surface area contributed by atoms with Crippen LogP contribution in [-0.2, 0) is 16.1 Å². The summed E-state index contributed by atoms with van der Waals surface area (Å²) in [6.45, 7) is 5.54. The van der Waals surface area contributed by atoms with E-state index in [9.17, 15) is 14.4 Å². The molecule has 0 aliphatic carbocycles. The lowest BCUT2D eigenvalue weighted by atomic mass is 9.99. The molecule has 0 spiro atoms. The third kappa shape index (κ3) is 4.78. The number of unbranched alkanes of at least 4 members (excludes halogenated alkanes) is 1. The zero-order chi connectivity index (χ0) is 21.7. The van der Waals surface area contributed by atoms with Gasteiger partial charge in [-0.1, -0.05) is 32.4 Å². The second-order valence-electron chi connectivity index (χ2n) is 8.10. The van der Waals surface area contributed by atoms with Gasteiger partial charge in [-0.25, -0.2) is 4.98 Å². The van der Waals surface area contributed by atoms with E-state index in [-0.39, 0.29) is 17.8 Å². The molecule has 1 aliphatic heterocycles. The summed E-state index contributed by atoms with van der Waals surface area (Å²) in [5.74, 6) is -0.662. The molecule has 0 saturated heterocycles. The minimum absolute atomic E-state index is 0.246. The van der Waals surface area contributed by atoms with Gasteiger partial charge in [0.15, 0.2) is 0 Å². The summed E-state index contributed by atoms with van der Waals surface area (Å²) in [6, 6.07) is 6.88. The van der Waals surface area contributed by atoms with Crippen molar-refractivity contribution in [2.24, 2.45) is 5.92 Å². The van der Waals surface area contributed by atoms with Crippen molar-refractivity contribution >= 4 is 17.8 Å². The van der Waals surface area contributed by atoms with E-state index in [1.807, 2.05) is 10.8 Å². The fraction of sp³-hybridized carbons (Fsp3) is 0.478. The van der Waals surface area contributed by atoms with Crippen molar-refractivity contribution < 1.29 is 19.1 Å². The van der Waals surface area contributed by atoms with Gasteiger partial charge in [-0.2, -0.15) is 0 Å². The fourth-order valence-electron chi connectivity index (χ4n) is 3.68. The minimum Gasteiger partial charge on any atom is -0.469 e. The lowest BCUT2D eigenvalue weighted by Crippen LogP contribution is -2.30. The number of fused-ring (bicyclic) bond motifs is 1. The average Bonchev–Trinajstić information content (AvgIpc) is 3.30. The molecule has 0 fully saturated rings. The maximum absolute atomic E-state index is 12.4. The van der Waals surface area contributed by atoms with Crippen LogP contribution < -0.4 is 0 Å². The molecule has 2 amide bonds. The highest BCUT2D eigenvalue weighted by atomic mass is 16.5. The Hall–Kier alpha value is -2.96. The standard InChI is InChI=1S/C23H29N3O4/c1-16(2)11-13-25-14-20(24-15-25)19(23(29)30-3)10-6-7-12-26-21(27)17-8-4-5-9-18(17)22(26)28/h4-5,8-9,14-16,19H,6-7,10-13H2,1-3H3. The zero-order valence-electron chi connectivity index (χ0n) is 17.8. The number of ether oxygens (including phenoxy) is 1. The molecule has 7 nitrogen and oxygen atoms in total. The second-order valence-corrected chi connectivity index (χ2v) is 8.10. The number of methoxy groups -OCH3 is 1. The van der Waals surface area contributed by atoms with Crippen molar-refractivity contribution in [1.82, 2.24) is 14.5 Å². The third-order valence-corrected chi connectivity index (χ3v) is 5.46. The maximum Gasteiger partial charge on any atom is 0.314 e. The lowest BCUT2D eigenvalue weighted by Gasteiger charge is -2.15. The molecule has 7 heteroatoms. The Morgan fingerprint density at radius 3 is 2.30 bits per heavy atom. The van der Waals surface area contributed by atoms with Crippen LogP contribution in [-0.4, -0.2) is 45.9 Å². The SMILES string of the molecule is COC(=O)C(CCCCN1C(=O)c2ccccc2C1=O)c1cn(CCC(C)C)cn1. The van der Waals surface area contributed by atoms with E-state index in [2.05, 4.69) is 18.8 Å². The van der Waals surface area contributed by atoms with Crippen LogP contribution in [0.4, 0.5) is 0 Å². The number of imide groups is 1. The van der Waals surface area contributed by atoms with Gasteiger partial charge in [-0.05, 0) is 37.3 Å². The fourth-order valence-corrected chi connectivity index (χ4v) is 3.68. The molecule has 1 unspecified atom stereocenters. The quantitative estimate of drug-likeness (QED) is 0.339. The topological polar surface area (TPSA) is 81.5 Å². The Bertz CT molecular complexity index is 884. The number of imidazole rings is 1. The van der Waals surface area contributed by atoms with Crippen LogP contribution >= 0.6 is 0 Å². The summed E-state index contributed by atoms with van der Waals surface area (Å²) in [6.07, 6.45) is 6.55. The summed E-state index contributed by atoms with van der Waals surface area (Å²) in [7, 11) is 1.38. The number of aromatic nitrogens is 2. The van der Waals surface area contributed by atoms with Crippen molar-refractivity contribution in [3.63, 3.8) is 0 Å². The lowest BCUT2D eigenvalue weighted by molar-refractivity contribution is -0.142. The number of nitrogens with zero attached hydrogens (tertiary/aromatic N) is 3. The highest BCUT2D eigenvalue weighted by molar-refractivity contribution is 6.21. The second kappa shape index (κ2) is 9.69. The molecule has 1 aliphatic rings. The van der Waals surface area contributed by atoms with Crippen molar-refractivity contribution in [1.29, 1.82) is 0 Å². The van der Waals surface area contributed by atoms with Gasteiger partial charge in [0.25, 0.3) is 11.8 Å². The molecule has 0 N–H and O–H groups in total. The Morgan fingerprint density at radius 2 is 1.70 bits per heavy atom. The average molecular weight is 412 g/mol. The molecule has 2 aromatic rings. The van der Waals surface area contributed by atoms with E-state index in [1.165, 1.54) is 12.0 Å². The number of rotatable bonds is 10. The summed E-state index contributed by atoms with van der Waals surface area (Å²) in [4.78, 5) is 42.9. The first-order valence-electron chi connectivity index (χ1n) is 10.5. The molecule has 3 rings (SSSR count). The highest BCUT2D eigenvalue weighted by Crippen LogP contribution is 2.25. The van der Waals surface area contributed by atoms with Gasteiger partial charge in [-0.15, -0.1) is 0 Å². The molecule has 1 atom stereocenters. The normalized spacial score (nSPS) is 14.3. The predicted octanol–water partition coefficient (Wildman–Crippen LogP) is 3.65. The van der Waals surface area contributed by atoms with Crippen LogP contribution in [0.3, 0.4) is 0 Å². The van der Waals surface area contributed by atoms with E-state index in [4.69, 9.17) is 4.74 Å². The first kappa shape index (κ1) is 21.7. The van der Waals surface area contributed by atoms with Gasteiger partial charge in [0.05, 0.1) is 30.3 Å². The predicted molar refractivity (Wildman–Crippen MR) is 112 cm³/mol. The number of carbonyl (C=O) groups is 3. The first-order valence-corrected chi connectivity index (χ1v) is 10.5. The molecule has 0 bridgehead atoms. The number of carbonyl (C=O) groups excluding carboxylic acids is 3. The van der Waals surface area contributed by atoms with Gasteiger partial charge in [0.2, 0.25) is 0 Å². The van der Waals surface area contributed by atoms with Gasteiger partial charge in [0, 0.05) is 19.3 Å². The van der Waals surface area contributed by atoms with E-state index in [0.717, 1.165) is 13.0 Å². The van der Waals surface area contributed by atoms with E-state index >= 15 is 0 Å². The van der Waals surface area contributed by atoms with E-state index in [1.54, 1.807) is 30.6 Å². The van der Waals surface area contributed by atoms with Crippen LogP contribution in [0.25, 0.3) is 0 Å². The first-order chi connectivity index (χ1) is 14.4.